The van der Waals surface area contributed by atoms with E-state index in [2.05, 4.69) is 72.1 Å². The first-order valence-corrected chi connectivity index (χ1v) is 39.8. The minimum Gasteiger partial charge on any atom is -0.459 e. The summed E-state index contributed by atoms with van der Waals surface area (Å²) < 4.78 is 88.8. The number of amides is 4. The molecule has 2 fully saturated rings. The first-order chi connectivity index (χ1) is 55.7. The maximum Gasteiger partial charge on any atom is 0.332 e. The normalized spacial score (nSPS) is 13.6. The molecule has 2 saturated heterocycles. The van der Waals surface area contributed by atoms with E-state index in [0.717, 1.165) is 9.99 Å². The number of esters is 3. The van der Waals surface area contributed by atoms with Crippen molar-refractivity contribution in [2.24, 2.45) is 14.1 Å². The lowest BCUT2D eigenvalue weighted by Gasteiger charge is -2.21. The summed E-state index contributed by atoms with van der Waals surface area (Å²) in [6.07, 6.45) is 15.8. The van der Waals surface area contributed by atoms with Crippen LogP contribution in [0.5, 0.6) is 0 Å². The molecule has 0 spiro atoms. The van der Waals surface area contributed by atoms with Crippen LogP contribution in [-0.4, -0.2) is 295 Å². The molecule has 0 saturated carbocycles. The number of aromatic nitrogens is 4. The predicted molar refractivity (Wildman–Crippen MR) is 442 cm³/mol. The number of aliphatic hydroxyl groups excluding tert-OH is 3. The minimum absolute atomic E-state index is 0.0417. The van der Waals surface area contributed by atoms with Gasteiger partial charge in [-0.15, -0.1) is 30.9 Å². The Morgan fingerprint density at radius 3 is 1.07 bits per heavy atom. The smallest absolute Gasteiger partial charge is 0.332 e. The summed E-state index contributed by atoms with van der Waals surface area (Å²) in [5.41, 5.74) is 1.38. The number of benzene rings is 2. The number of rotatable bonds is 43. The molecule has 34 nitrogen and oxygen atoms in total. The molecule has 37 heteroatoms. The molecule has 2 unspecified atom stereocenters. The van der Waals surface area contributed by atoms with Gasteiger partial charge in [0.2, 0.25) is 23.6 Å². The molecule has 0 radical (unpaired) electrons. The molecule has 0 aliphatic carbocycles. The van der Waals surface area contributed by atoms with E-state index in [-0.39, 0.29) is 107 Å². The van der Waals surface area contributed by atoms with Crippen molar-refractivity contribution in [1.82, 2.24) is 28.9 Å². The van der Waals surface area contributed by atoms with Crippen molar-refractivity contribution in [2.75, 3.05) is 203 Å². The Balaban J connectivity index is 0.00000149. The Hall–Kier alpha value is -7.48. The zero-order chi connectivity index (χ0) is 87.9. The number of alkyl halides is 2. The number of aliphatic hydroxyl groups is 3. The third-order valence-corrected chi connectivity index (χ3v) is 14.9. The lowest BCUT2D eigenvalue weighted by Crippen LogP contribution is -2.44. The van der Waals surface area contributed by atoms with E-state index in [4.69, 9.17) is 122 Å². The van der Waals surface area contributed by atoms with Crippen LogP contribution in [0.1, 0.15) is 106 Å². The van der Waals surface area contributed by atoms with Gasteiger partial charge in [0.05, 0.1) is 186 Å². The van der Waals surface area contributed by atoms with Gasteiger partial charge in [-0.05, 0) is 112 Å². The number of carbonyl (C=O) groups excluding carboxylic acids is 7. The number of nitrogens with zero attached hydrogens (tertiary/aromatic N) is 4. The summed E-state index contributed by atoms with van der Waals surface area (Å²) in [6.45, 7) is 25.9. The predicted octanol–water partition coefficient (Wildman–Crippen LogP) is 4.43. The van der Waals surface area contributed by atoms with E-state index >= 15 is 0 Å². The largest absolute Gasteiger partial charge is 0.459 e. The van der Waals surface area contributed by atoms with Crippen LogP contribution in [0, 0.1) is 48.9 Å². The molecule has 2 atom stereocenters. The first kappa shape index (κ1) is 110. The second-order valence-corrected chi connectivity index (χ2v) is 28.7. The molecular weight excluding hydrogens is 1690 g/mol. The molecule has 6 rings (SSSR count). The zero-order valence-electron chi connectivity index (χ0n) is 69.1. The number of ether oxygens (including phenoxy) is 16. The van der Waals surface area contributed by atoms with E-state index in [1.165, 1.54) is 18.3 Å². The van der Waals surface area contributed by atoms with Crippen LogP contribution in [0.2, 0.25) is 0 Å². The van der Waals surface area contributed by atoms with Gasteiger partial charge in [-0.2, -0.15) is 0 Å². The minimum atomic E-state index is -0.724. The molecule has 5 N–H and O–H groups in total. The number of carbonyl (C=O) groups is 7. The van der Waals surface area contributed by atoms with Gasteiger partial charge in [0, 0.05) is 37.0 Å². The number of nitrogens with one attached hydrogen (secondary N) is 2. The molecule has 117 heavy (non-hydrogen) atoms. The van der Waals surface area contributed by atoms with E-state index in [1.807, 2.05) is 32.9 Å². The van der Waals surface area contributed by atoms with Crippen molar-refractivity contribution in [2.45, 2.75) is 117 Å². The number of aryl methyl sites for hydroxylation is 2. The van der Waals surface area contributed by atoms with Crippen LogP contribution < -0.4 is 22.0 Å². The third kappa shape index (κ3) is 54.3. The molecule has 4 heterocycles. The van der Waals surface area contributed by atoms with Crippen molar-refractivity contribution in [3.05, 3.63) is 67.4 Å². The van der Waals surface area contributed by atoms with E-state index in [1.54, 1.807) is 79.9 Å². The molecule has 2 aromatic heterocycles. The molecule has 0 bridgehead atoms. The molecule has 658 valence electrons. The highest BCUT2D eigenvalue weighted by Crippen LogP contribution is 2.26. The van der Waals surface area contributed by atoms with Crippen molar-refractivity contribution in [1.29, 1.82) is 0 Å². The van der Waals surface area contributed by atoms with Crippen molar-refractivity contribution in [3.63, 3.8) is 0 Å². The van der Waals surface area contributed by atoms with Gasteiger partial charge in [0.1, 0.15) is 67.8 Å². The molecule has 2 aliphatic heterocycles. The summed E-state index contributed by atoms with van der Waals surface area (Å²) in [7, 11) is 3.30. The number of imide groups is 2. The monoisotopic (exact) mass is 1800 g/mol. The number of fused-ring (bicyclic) bond motifs is 2. The van der Waals surface area contributed by atoms with E-state index in [9.17, 15) is 43.2 Å². The Bertz CT molecular complexity index is 3820. The Labute approximate surface area is 706 Å². The summed E-state index contributed by atoms with van der Waals surface area (Å²) in [4.78, 5) is 105. The molecule has 2 aromatic carbocycles. The average molecular weight is 1810 g/mol. The van der Waals surface area contributed by atoms with Gasteiger partial charge < -0.3 is 91.1 Å². The van der Waals surface area contributed by atoms with Crippen LogP contribution >= 0.6 is 43.5 Å². The topological polar surface area (TPSA) is 406 Å². The molecular formula is C80H119Br2ClN6O28. The third-order valence-electron chi connectivity index (χ3n) is 13.9. The highest BCUT2D eigenvalue weighted by molar-refractivity contribution is 9.10. The van der Waals surface area contributed by atoms with Gasteiger partial charge in [0.15, 0.2) is 0 Å². The molecule has 4 amide bonds. The van der Waals surface area contributed by atoms with Gasteiger partial charge in [-0.25, -0.2) is 19.2 Å². The van der Waals surface area contributed by atoms with Gasteiger partial charge in [-0.1, -0.05) is 61.5 Å². The van der Waals surface area contributed by atoms with Crippen LogP contribution in [0.3, 0.4) is 0 Å². The van der Waals surface area contributed by atoms with E-state index < -0.39 is 46.7 Å². The standard InChI is InChI=1S/C28H37N3O9.C15H26O6.C13H12BrN3O3.C9H16O4.C6H11ClO2.C6H14O4.C3H3Br/c1-28(2,3)40-25(33)19-39-17-16-38-15-14-37-13-12-36-11-5-6-20-7-8-21-23(18-20)30(4)27(35)31(21)22-9-10-24(32)29-26(22)34;1-5-6-17-7-8-18-9-10-19-11-12-20-13-14(16)21-15(2,3)4;1-16-10-6-7(14)2-3-8(10)17(13(16)20)9-4-5-11(18)15-12(9)19;1-2-4-11-6-8-13-9-7-12-5-3-10;1-6(2,3)9-5(8)4-7;7-1-3-9-5-6-10-4-2-8;1-2-3-4/h7-8,18,22H,9-17,19H2,1-4H3,(H,29,32,34);1H,6-13H2,2-4H3;2-3,6,9H,4-5H2,1H3,(H,15,18,19);1,10H,3-9H2;4H2,1-3H3;7-8H,1-6H2;1H,3H2. The Morgan fingerprint density at radius 2 is 0.761 bits per heavy atom. The van der Waals surface area contributed by atoms with Crippen LogP contribution in [0.4, 0.5) is 0 Å². The fraction of sp³-hybridized carbons (Fsp3) is 0.637. The summed E-state index contributed by atoms with van der Waals surface area (Å²) in [5.74, 6) is 10.3. The van der Waals surface area contributed by atoms with Gasteiger partial charge >= 0.3 is 29.3 Å². The quantitative estimate of drug-likeness (QED) is 0.0102. The fourth-order valence-corrected chi connectivity index (χ4v) is 9.66. The van der Waals surface area contributed by atoms with E-state index in [0.29, 0.717) is 179 Å². The van der Waals surface area contributed by atoms with Crippen LogP contribution in [0.25, 0.3) is 22.1 Å². The van der Waals surface area contributed by atoms with Crippen molar-refractivity contribution >= 4 is 107 Å². The number of hydrogen-bond acceptors (Lipinski definition) is 28. The Kier molecular flexibility index (Phi) is 62.1. The maximum atomic E-state index is 12.8. The lowest BCUT2D eigenvalue weighted by atomic mass is 10.1. The SMILES string of the molecule is C#CCBr.C#CCOCCOCCOCCO.C#CCOCCOCCOCCOCC(=O)OC(C)(C)C.CC(C)(C)OC(=O)CCl.Cn1c(=O)n(C2CCC(=O)NC2=O)c2ccc(Br)cc21.Cn1c(=O)n(C2CCC(=O)NC2=O)c2ccc(C#CCOCCOCCOCCOCC(=O)OC(C)(C)C)cc21.OCCOCCOCCO. The Morgan fingerprint density at radius 1 is 0.453 bits per heavy atom. The second-order valence-electron chi connectivity index (χ2n) is 27.0. The lowest BCUT2D eigenvalue weighted by molar-refractivity contribution is -0.161. The summed E-state index contributed by atoms with van der Waals surface area (Å²) >= 11 is 11.6. The average Bonchev–Trinajstić information content (AvgIpc) is 1.62. The highest BCUT2D eigenvalue weighted by atomic mass is 79.9. The van der Waals surface area contributed by atoms with Gasteiger partial charge in [-0.3, -0.25) is 52.9 Å². The maximum absolute atomic E-state index is 12.8. The number of piperidine rings is 2. The zero-order valence-corrected chi connectivity index (χ0v) is 73.0. The van der Waals surface area contributed by atoms with Crippen molar-refractivity contribution in [3.8, 4) is 48.9 Å². The number of imidazole rings is 2. The summed E-state index contributed by atoms with van der Waals surface area (Å²) in [5, 5.41) is 30.1. The summed E-state index contributed by atoms with van der Waals surface area (Å²) in [6, 6.07) is 9.42. The number of terminal acetylenes is 3. The fourth-order valence-electron chi connectivity index (χ4n) is 9.25. The molecule has 4 aromatic rings. The van der Waals surface area contributed by atoms with Crippen molar-refractivity contribution < 1.29 is 125 Å². The van der Waals surface area contributed by atoms with Crippen LogP contribution in [-0.2, 0) is 123 Å². The number of halogens is 3. The second kappa shape index (κ2) is 66.3. The highest BCUT2D eigenvalue weighted by Gasteiger charge is 2.33. The first-order valence-electron chi connectivity index (χ1n) is 37.4. The molecule has 2 aliphatic rings. The van der Waals surface area contributed by atoms with Crippen LogP contribution in [0.15, 0.2) is 50.5 Å². The van der Waals surface area contributed by atoms with Gasteiger partial charge in [0.25, 0.3) is 0 Å². The number of hydrogen-bond donors (Lipinski definition) is 5.